The largest absolute Gasteiger partial charge is 0.494 e. The number of nitrogens with zero attached hydrogens (tertiary/aromatic N) is 2. The van der Waals surface area contributed by atoms with Crippen LogP contribution in [0.25, 0.3) is 11.0 Å². The molecule has 3 rings (SSSR count). The number of para-hydroxylation sites is 3. The van der Waals surface area contributed by atoms with Crippen LogP contribution in [-0.2, 0) is 6.54 Å². The molecule has 0 aliphatic carbocycles. The lowest BCUT2D eigenvalue weighted by Gasteiger charge is -2.12. The summed E-state index contributed by atoms with van der Waals surface area (Å²) < 4.78 is 8.11. The maximum absolute atomic E-state index is 5.78. The van der Waals surface area contributed by atoms with Gasteiger partial charge in [0.25, 0.3) is 0 Å². The number of fused-ring (bicyclic) bond motifs is 1. The average Bonchev–Trinajstić information content (AvgIpc) is 2.92. The van der Waals surface area contributed by atoms with Crippen molar-refractivity contribution in [2.24, 2.45) is 0 Å². The predicted octanol–water partition coefficient (Wildman–Crippen LogP) is 5.05. The van der Waals surface area contributed by atoms with Gasteiger partial charge in [0.2, 0.25) is 0 Å². The van der Waals surface area contributed by atoms with E-state index in [0.717, 1.165) is 30.1 Å². The maximum Gasteiger partial charge on any atom is 0.119 e. The molecule has 2 aromatic carbocycles. The minimum Gasteiger partial charge on any atom is -0.494 e. The SMILES string of the molecule is CC(C)c1nc2ccccc2n1CCCOc1ccccc1.Cl. The Morgan fingerprint density at radius 2 is 1.70 bits per heavy atom. The zero-order chi connectivity index (χ0) is 15.4. The first-order valence-corrected chi connectivity index (χ1v) is 7.88. The highest BCUT2D eigenvalue weighted by Gasteiger charge is 2.12. The first kappa shape index (κ1) is 17.4. The molecule has 23 heavy (non-hydrogen) atoms. The van der Waals surface area contributed by atoms with Gasteiger partial charge in [0.05, 0.1) is 17.6 Å². The molecule has 0 saturated heterocycles. The minimum absolute atomic E-state index is 0. The molecular formula is C19H23ClN2O. The topological polar surface area (TPSA) is 27.1 Å². The molecule has 0 aliphatic rings. The lowest BCUT2D eigenvalue weighted by molar-refractivity contribution is 0.301. The molecule has 0 N–H and O–H groups in total. The van der Waals surface area contributed by atoms with Gasteiger partial charge in [-0.05, 0) is 30.7 Å². The van der Waals surface area contributed by atoms with Gasteiger partial charge in [-0.1, -0.05) is 44.2 Å². The van der Waals surface area contributed by atoms with Crippen molar-refractivity contribution < 1.29 is 4.74 Å². The van der Waals surface area contributed by atoms with Crippen LogP contribution >= 0.6 is 12.4 Å². The molecule has 1 aromatic heterocycles. The molecule has 0 unspecified atom stereocenters. The Morgan fingerprint density at radius 1 is 1.00 bits per heavy atom. The van der Waals surface area contributed by atoms with Gasteiger partial charge < -0.3 is 9.30 Å². The van der Waals surface area contributed by atoms with Crippen molar-refractivity contribution in [3.8, 4) is 5.75 Å². The summed E-state index contributed by atoms with van der Waals surface area (Å²) in [5, 5.41) is 0. The van der Waals surface area contributed by atoms with Gasteiger partial charge >= 0.3 is 0 Å². The van der Waals surface area contributed by atoms with Crippen LogP contribution in [0.3, 0.4) is 0 Å². The number of aryl methyl sites for hydroxylation is 1. The Balaban J connectivity index is 0.00000192. The van der Waals surface area contributed by atoms with E-state index in [2.05, 4.69) is 36.6 Å². The number of hydrogen-bond donors (Lipinski definition) is 0. The third-order valence-electron chi connectivity index (χ3n) is 3.74. The van der Waals surface area contributed by atoms with E-state index in [1.165, 1.54) is 5.52 Å². The minimum atomic E-state index is 0. The van der Waals surface area contributed by atoms with Crippen molar-refractivity contribution in [3.05, 3.63) is 60.4 Å². The Kier molecular flexibility index (Phi) is 6.05. The van der Waals surface area contributed by atoms with Crippen molar-refractivity contribution in [2.75, 3.05) is 6.61 Å². The van der Waals surface area contributed by atoms with Gasteiger partial charge in [-0.2, -0.15) is 0 Å². The molecule has 0 aliphatic heterocycles. The highest BCUT2D eigenvalue weighted by atomic mass is 35.5. The van der Waals surface area contributed by atoms with E-state index < -0.39 is 0 Å². The number of hydrogen-bond acceptors (Lipinski definition) is 2. The quantitative estimate of drug-likeness (QED) is 0.591. The maximum atomic E-state index is 5.78. The molecule has 0 bridgehead atoms. The van der Waals surface area contributed by atoms with E-state index in [1.54, 1.807) is 0 Å². The van der Waals surface area contributed by atoms with Crippen molar-refractivity contribution in [3.63, 3.8) is 0 Å². The number of halogens is 1. The molecule has 1 heterocycles. The van der Waals surface area contributed by atoms with E-state index in [0.29, 0.717) is 12.5 Å². The van der Waals surface area contributed by atoms with Gasteiger partial charge in [-0.25, -0.2) is 4.98 Å². The first-order valence-electron chi connectivity index (χ1n) is 7.88. The summed E-state index contributed by atoms with van der Waals surface area (Å²) >= 11 is 0. The van der Waals surface area contributed by atoms with Gasteiger partial charge in [0, 0.05) is 12.5 Å². The second-order valence-corrected chi connectivity index (χ2v) is 5.78. The zero-order valence-electron chi connectivity index (χ0n) is 13.6. The Bertz CT molecular complexity index is 737. The van der Waals surface area contributed by atoms with Gasteiger partial charge in [0.1, 0.15) is 11.6 Å². The van der Waals surface area contributed by atoms with E-state index >= 15 is 0 Å². The van der Waals surface area contributed by atoms with E-state index in [1.807, 2.05) is 36.4 Å². The fourth-order valence-corrected chi connectivity index (χ4v) is 2.70. The molecule has 0 atom stereocenters. The molecular weight excluding hydrogens is 308 g/mol. The fourth-order valence-electron chi connectivity index (χ4n) is 2.70. The fraction of sp³-hybridized carbons (Fsp3) is 0.316. The third-order valence-corrected chi connectivity index (χ3v) is 3.74. The monoisotopic (exact) mass is 330 g/mol. The van der Waals surface area contributed by atoms with Gasteiger partial charge in [-0.3, -0.25) is 0 Å². The molecule has 3 aromatic rings. The van der Waals surface area contributed by atoms with Crippen molar-refractivity contribution >= 4 is 23.4 Å². The van der Waals surface area contributed by atoms with E-state index in [-0.39, 0.29) is 12.4 Å². The summed E-state index contributed by atoms with van der Waals surface area (Å²) in [6.45, 7) is 6.03. The Morgan fingerprint density at radius 3 is 2.43 bits per heavy atom. The second-order valence-electron chi connectivity index (χ2n) is 5.78. The highest BCUT2D eigenvalue weighted by Crippen LogP contribution is 2.22. The van der Waals surface area contributed by atoms with E-state index in [9.17, 15) is 0 Å². The third kappa shape index (κ3) is 4.05. The predicted molar refractivity (Wildman–Crippen MR) is 97.6 cm³/mol. The Labute approximate surface area is 143 Å². The molecule has 0 fully saturated rings. The molecule has 4 heteroatoms. The van der Waals surface area contributed by atoms with Crippen LogP contribution in [0.5, 0.6) is 5.75 Å². The number of aromatic nitrogens is 2. The van der Waals surface area contributed by atoms with Crippen LogP contribution in [0.4, 0.5) is 0 Å². The van der Waals surface area contributed by atoms with Crippen LogP contribution in [0.1, 0.15) is 32.0 Å². The molecule has 0 amide bonds. The average molecular weight is 331 g/mol. The van der Waals surface area contributed by atoms with Crippen LogP contribution in [0.15, 0.2) is 54.6 Å². The summed E-state index contributed by atoms with van der Waals surface area (Å²) in [6.07, 6.45) is 0.967. The zero-order valence-corrected chi connectivity index (χ0v) is 14.4. The van der Waals surface area contributed by atoms with Gasteiger partial charge in [-0.15, -0.1) is 12.4 Å². The standard InChI is InChI=1S/C19H22N2O.ClH/c1-15(2)19-20-17-11-6-7-12-18(17)21(19)13-8-14-22-16-9-4-3-5-10-16;/h3-7,9-12,15H,8,13-14H2,1-2H3;1H. The lowest BCUT2D eigenvalue weighted by atomic mass is 10.2. The van der Waals surface area contributed by atoms with Crippen molar-refractivity contribution in [2.45, 2.75) is 32.7 Å². The lowest BCUT2D eigenvalue weighted by Crippen LogP contribution is -2.09. The number of rotatable bonds is 6. The summed E-state index contributed by atoms with van der Waals surface area (Å²) in [5.74, 6) is 2.51. The molecule has 122 valence electrons. The van der Waals surface area contributed by atoms with Crippen molar-refractivity contribution in [1.82, 2.24) is 9.55 Å². The van der Waals surface area contributed by atoms with Gasteiger partial charge in [0.15, 0.2) is 0 Å². The second kappa shape index (κ2) is 8.02. The molecule has 0 radical (unpaired) electrons. The van der Waals surface area contributed by atoms with Crippen LogP contribution in [-0.4, -0.2) is 16.2 Å². The smallest absolute Gasteiger partial charge is 0.119 e. The summed E-state index contributed by atoms with van der Waals surface area (Å²) in [7, 11) is 0. The molecule has 3 nitrogen and oxygen atoms in total. The summed E-state index contributed by atoms with van der Waals surface area (Å²) in [5.41, 5.74) is 2.29. The normalized spacial score (nSPS) is 10.7. The summed E-state index contributed by atoms with van der Waals surface area (Å²) in [4.78, 5) is 4.77. The summed E-state index contributed by atoms with van der Waals surface area (Å²) in [6, 6.07) is 18.3. The molecule has 0 spiro atoms. The van der Waals surface area contributed by atoms with E-state index in [4.69, 9.17) is 9.72 Å². The van der Waals surface area contributed by atoms with Crippen LogP contribution in [0.2, 0.25) is 0 Å². The number of benzene rings is 2. The molecule has 0 saturated carbocycles. The number of imidazole rings is 1. The first-order chi connectivity index (χ1) is 10.8. The van der Waals surface area contributed by atoms with Crippen molar-refractivity contribution in [1.29, 1.82) is 0 Å². The number of ether oxygens (including phenoxy) is 1. The van der Waals surface area contributed by atoms with Crippen LogP contribution < -0.4 is 4.74 Å². The Hall–Kier alpha value is -2.00. The highest BCUT2D eigenvalue weighted by molar-refractivity contribution is 5.85. The van der Waals surface area contributed by atoms with Crippen LogP contribution in [0, 0.1) is 0 Å².